The molecule has 14 heteroatoms. The van der Waals surface area contributed by atoms with Crippen molar-refractivity contribution in [2.24, 2.45) is 0 Å². The van der Waals surface area contributed by atoms with Gasteiger partial charge in [-0.1, -0.05) is 168 Å². The second-order valence-corrected chi connectivity index (χ2v) is 16.1. The zero-order valence-corrected chi connectivity index (χ0v) is 33.8. The van der Waals surface area contributed by atoms with E-state index in [4.69, 9.17) is 14.0 Å². The van der Waals surface area contributed by atoms with Crippen LogP contribution in [0.3, 0.4) is 0 Å². The predicted octanol–water partition coefficient (Wildman–Crippen LogP) is 6.02. The summed E-state index contributed by atoms with van der Waals surface area (Å²) in [7, 11) is -5.10. The third-order valence-corrected chi connectivity index (χ3v) is 10.7. The van der Waals surface area contributed by atoms with Gasteiger partial charge in [-0.3, -0.25) is 9.35 Å². The summed E-state index contributed by atoms with van der Waals surface area (Å²) in [5.74, 6) is -0.670. The van der Waals surface area contributed by atoms with Gasteiger partial charge in [-0.05, 0) is 12.8 Å². The van der Waals surface area contributed by atoms with Gasteiger partial charge in [-0.2, -0.15) is 8.42 Å². The number of unbranched alkanes of at least 4 members (excludes halogenated alkanes) is 22. The van der Waals surface area contributed by atoms with Crippen molar-refractivity contribution in [2.45, 2.75) is 230 Å². The van der Waals surface area contributed by atoms with Crippen LogP contribution in [0.25, 0.3) is 0 Å². The normalized spacial score (nSPS) is 22.5. The summed E-state index contributed by atoms with van der Waals surface area (Å²) in [6, 6.07) is -1.02. The first-order chi connectivity index (χ1) is 25.4. The highest BCUT2D eigenvalue weighted by molar-refractivity contribution is 7.80. The molecule has 316 valence electrons. The number of hydrogen-bond acceptors (Lipinski definition) is 11. The number of carbonyl (C=O) groups excluding carboxylic acids is 1. The highest BCUT2D eigenvalue weighted by Crippen LogP contribution is 2.26. The van der Waals surface area contributed by atoms with E-state index in [2.05, 4.69) is 23.3 Å². The highest BCUT2D eigenvalue weighted by Gasteiger charge is 2.48. The number of ether oxygens (including phenoxy) is 2. The lowest BCUT2D eigenvalue weighted by Crippen LogP contribution is -2.61. The maximum Gasteiger partial charge on any atom is 0.397 e. The van der Waals surface area contributed by atoms with Gasteiger partial charge in [0.05, 0.1) is 25.4 Å². The molecular weight excluding hydrogens is 706 g/mol. The molecule has 8 unspecified atom stereocenters. The molecule has 1 amide bonds. The average Bonchev–Trinajstić information content (AvgIpc) is 3.12. The Morgan fingerprint density at radius 1 is 0.679 bits per heavy atom. The number of carbonyl (C=O) groups is 1. The summed E-state index contributed by atoms with van der Waals surface area (Å²) in [5.41, 5.74) is 0. The van der Waals surface area contributed by atoms with Crippen molar-refractivity contribution in [3.63, 3.8) is 0 Å². The molecule has 1 heterocycles. The number of amides is 1. The van der Waals surface area contributed by atoms with E-state index in [0.29, 0.717) is 19.3 Å². The van der Waals surface area contributed by atoms with E-state index < -0.39 is 78.5 Å². The van der Waals surface area contributed by atoms with Crippen LogP contribution in [0.4, 0.5) is 0 Å². The minimum atomic E-state index is -5.10. The second-order valence-electron chi connectivity index (χ2n) is 15.1. The molecule has 0 aromatic carbocycles. The second kappa shape index (κ2) is 31.2. The third kappa shape index (κ3) is 24.3. The van der Waals surface area contributed by atoms with Crippen molar-refractivity contribution >= 4 is 16.3 Å². The lowest BCUT2D eigenvalue weighted by molar-refractivity contribution is -0.298. The maximum atomic E-state index is 13.0. The van der Waals surface area contributed by atoms with Gasteiger partial charge in [0.15, 0.2) is 6.29 Å². The summed E-state index contributed by atoms with van der Waals surface area (Å²) in [4.78, 5) is 13.0. The Morgan fingerprint density at radius 3 is 1.51 bits per heavy atom. The molecule has 0 radical (unpaired) electrons. The van der Waals surface area contributed by atoms with Crippen molar-refractivity contribution in [3.05, 3.63) is 0 Å². The molecule has 0 saturated carbocycles. The molecule has 0 spiro atoms. The van der Waals surface area contributed by atoms with Crippen LogP contribution < -0.4 is 5.32 Å². The molecule has 1 saturated heterocycles. The van der Waals surface area contributed by atoms with Crippen molar-refractivity contribution in [2.75, 3.05) is 13.2 Å². The first-order valence-corrected chi connectivity index (χ1v) is 22.4. The van der Waals surface area contributed by atoms with Crippen LogP contribution in [0.2, 0.25) is 0 Å². The molecule has 1 rings (SSSR count). The topological polar surface area (TPSA) is 212 Å². The van der Waals surface area contributed by atoms with E-state index in [1.165, 1.54) is 103 Å². The van der Waals surface area contributed by atoms with Crippen molar-refractivity contribution in [1.29, 1.82) is 0 Å². The molecule has 1 aliphatic rings. The molecule has 53 heavy (non-hydrogen) atoms. The molecule has 0 aromatic rings. The van der Waals surface area contributed by atoms with Crippen LogP contribution in [-0.4, -0.2) is 107 Å². The molecule has 1 fully saturated rings. The highest BCUT2D eigenvalue weighted by atomic mass is 32.3. The molecule has 7 N–H and O–H groups in total. The Labute approximate surface area is 320 Å². The fourth-order valence-corrected chi connectivity index (χ4v) is 7.39. The lowest BCUT2D eigenvalue weighted by atomic mass is 9.99. The first kappa shape index (κ1) is 50.1. The number of rotatable bonds is 35. The van der Waals surface area contributed by atoms with Gasteiger partial charge in [0.25, 0.3) is 0 Å². The average molecular weight is 784 g/mol. The van der Waals surface area contributed by atoms with Crippen LogP contribution in [-0.2, 0) is 28.9 Å². The monoisotopic (exact) mass is 784 g/mol. The van der Waals surface area contributed by atoms with Gasteiger partial charge < -0.3 is 40.3 Å². The van der Waals surface area contributed by atoms with Crippen LogP contribution in [0.5, 0.6) is 0 Å². The summed E-state index contributed by atoms with van der Waals surface area (Å²) >= 11 is 0. The Kier molecular flexibility index (Phi) is 29.5. The fraction of sp³-hybridized carbons (Fsp3) is 0.974. The van der Waals surface area contributed by atoms with Crippen molar-refractivity contribution in [3.8, 4) is 0 Å². The van der Waals surface area contributed by atoms with Crippen molar-refractivity contribution < 1.29 is 57.0 Å². The van der Waals surface area contributed by atoms with Crippen LogP contribution in [0.15, 0.2) is 0 Å². The van der Waals surface area contributed by atoms with Gasteiger partial charge in [-0.25, -0.2) is 4.18 Å². The SMILES string of the molecule is CCCCCCCCCCCCCCCC(O)C(=O)NC(COC1OC(CO)C(O)C(OS(=O)(=O)O)C1O)C(O)CCCCCCCCCCCCC. The predicted molar refractivity (Wildman–Crippen MR) is 205 cm³/mol. The van der Waals surface area contributed by atoms with Crippen LogP contribution in [0.1, 0.15) is 181 Å². The van der Waals surface area contributed by atoms with Gasteiger partial charge in [0.2, 0.25) is 5.91 Å². The molecule has 0 aromatic heterocycles. The number of hydrogen-bond donors (Lipinski definition) is 7. The van der Waals surface area contributed by atoms with Crippen LogP contribution >= 0.6 is 0 Å². The zero-order valence-electron chi connectivity index (χ0n) is 33.0. The summed E-state index contributed by atoms with van der Waals surface area (Å²) in [5, 5.41) is 55.1. The van der Waals surface area contributed by atoms with E-state index in [0.717, 1.165) is 38.5 Å². The van der Waals surface area contributed by atoms with Gasteiger partial charge in [0, 0.05) is 0 Å². The summed E-state index contributed by atoms with van der Waals surface area (Å²) < 4.78 is 47.4. The molecule has 0 aliphatic carbocycles. The van der Waals surface area contributed by atoms with E-state index in [1.54, 1.807) is 0 Å². The van der Waals surface area contributed by atoms with Gasteiger partial charge >= 0.3 is 10.4 Å². The Bertz CT molecular complexity index is 990. The molecule has 13 nitrogen and oxygen atoms in total. The number of aliphatic hydroxyl groups excluding tert-OH is 5. The first-order valence-electron chi connectivity index (χ1n) is 21.0. The summed E-state index contributed by atoms with van der Waals surface area (Å²) in [6.07, 6.45) is 17.3. The molecule has 0 bridgehead atoms. The third-order valence-electron chi connectivity index (χ3n) is 10.3. The van der Waals surface area contributed by atoms with E-state index in [9.17, 15) is 38.7 Å². The Morgan fingerprint density at radius 2 is 1.09 bits per heavy atom. The Balaban J connectivity index is 2.62. The van der Waals surface area contributed by atoms with Crippen molar-refractivity contribution in [1.82, 2.24) is 5.32 Å². The Hall–Kier alpha value is -0.940. The minimum absolute atomic E-state index is 0.265. The molecular formula is C39H77NO12S. The smallest absolute Gasteiger partial charge is 0.394 e. The quantitative estimate of drug-likeness (QED) is 0.0291. The number of nitrogens with one attached hydrogen (secondary N) is 1. The van der Waals surface area contributed by atoms with E-state index >= 15 is 0 Å². The summed E-state index contributed by atoms with van der Waals surface area (Å²) in [6.45, 7) is 3.24. The van der Waals surface area contributed by atoms with Gasteiger partial charge in [-0.15, -0.1) is 0 Å². The fourth-order valence-electron chi connectivity index (χ4n) is 6.88. The standard InChI is InChI=1S/C39H77NO12S/c1-3-5-7-9-11-13-15-16-18-20-22-24-26-28-33(43)38(46)40-31(32(42)27-25-23-21-19-17-14-12-10-8-6-4-2)30-50-39-36(45)37(52-53(47,48)49)35(44)34(29-41)51-39/h31-37,39,41-45H,3-30H2,1-2H3,(H,40,46)(H,47,48,49). The molecule has 1 aliphatic heterocycles. The van der Waals surface area contributed by atoms with Gasteiger partial charge in [0.1, 0.15) is 30.5 Å². The maximum absolute atomic E-state index is 13.0. The lowest BCUT2D eigenvalue weighted by Gasteiger charge is -2.41. The molecule has 8 atom stereocenters. The van der Waals surface area contributed by atoms with E-state index in [-0.39, 0.29) is 6.42 Å². The van der Waals surface area contributed by atoms with Crippen LogP contribution in [0, 0.1) is 0 Å². The largest absolute Gasteiger partial charge is 0.397 e. The number of aliphatic hydroxyl groups is 5. The van der Waals surface area contributed by atoms with E-state index in [1.807, 2.05) is 0 Å². The zero-order chi connectivity index (χ0) is 39.3. The minimum Gasteiger partial charge on any atom is -0.394 e.